The van der Waals surface area contributed by atoms with Crippen LogP contribution >= 0.6 is 0 Å². The molecule has 1 aliphatic rings. The fourth-order valence-corrected chi connectivity index (χ4v) is 3.50. The van der Waals surface area contributed by atoms with Crippen molar-refractivity contribution in [1.82, 2.24) is 30.1 Å². The molecule has 130 valence electrons. The minimum Gasteiger partial charge on any atom is -0.381 e. The Morgan fingerprint density at radius 2 is 2.21 bits per heavy atom. The molecule has 2 aromatic heterocycles. The van der Waals surface area contributed by atoms with E-state index < -0.39 is 5.60 Å². The molecule has 0 spiro atoms. The van der Waals surface area contributed by atoms with Gasteiger partial charge in [0.25, 0.3) is 0 Å². The predicted octanol–water partition coefficient (Wildman–Crippen LogP) is 0.326. The number of carbonyl (C=O) groups excluding carboxylic acids is 1. The molecule has 0 aromatic carbocycles. The third-order valence-corrected chi connectivity index (χ3v) is 4.85. The van der Waals surface area contributed by atoms with Crippen molar-refractivity contribution >= 4 is 5.91 Å². The second kappa shape index (κ2) is 6.35. The number of hydrogen-bond donors (Lipinski definition) is 2. The summed E-state index contributed by atoms with van der Waals surface area (Å²) in [4.78, 5) is 14.5. The fourth-order valence-electron chi connectivity index (χ4n) is 3.50. The first-order valence-electron chi connectivity index (χ1n) is 8.38. The summed E-state index contributed by atoms with van der Waals surface area (Å²) in [5, 5.41) is 25.5. The summed E-state index contributed by atoms with van der Waals surface area (Å²) in [5.41, 5.74) is 2.49. The highest BCUT2D eigenvalue weighted by molar-refractivity contribution is 5.79. The zero-order valence-corrected chi connectivity index (χ0v) is 14.4. The van der Waals surface area contributed by atoms with Gasteiger partial charge in [-0.05, 0) is 12.8 Å². The molecule has 0 radical (unpaired) electrons. The number of H-pyrrole nitrogens is 1. The van der Waals surface area contributed by atoms with Gasteiger partial charge in [0, 0.05) is 31.3 Å². The van der Waals surface area contributed by atoms with Crippen LogP contribution in [-0.4, -0.2) is 54.2 Å². The number of nitrogens with one attached hydrogen (secondary N) is 1. The van der Waals surface area contributed by atoms with Crippen LogP contribution in [0.2, 0.25) is 0 Å². The van der Waals surface area contributed by atoms with Crippen LogP contribution in [0.4, 0.5) is 0 Å². The summed E-state index contributed by atoms with van der Waals surface area (Å²) in [6.45, 7) is 4.89. The number of aliphatic hydroxyl groups is 1. The van der Waals surface area contributed by atoms with E-state index in [0.717, 1.165) is 29.8 Å². The van der Waals surface area contributed by atoms with Crippen molar-refractivity contribution in [3.63, 3.8) is 0 Å². The number of β-amino-alcohol motifs (C(OH)–C–C–N with tert-alkyl or cyclic N) is 1. The van der Waals surface area contributed by atoms with Gasteiger partial charge >= 0.3 is 0 Å². The van der Waals surface area contributed by atoms with Crippen LogP contribution in [0.1, 0.15) is 42.9 Å². The van der Waals surface area contributed by atoms with Crippen molar-refractivity contribution in [3.8, 4) is 0 Å². The van der Waals surface area contributed by atoms with Gasteiger partial charge in [-0.3, -0.25) is 9.48 Å². The molecule has 0 aliphatic carbocycles. The highest BCUT2D eigenvalue weighted by Crippen LogP contribution is 2.30. The number of amides is 1. The predicted molar refractivity (Wildman–Crippen MR) is 87.1 cm³/mol. The van der Waals surface area contributed by atoms with Crippen LogP contribution < -0.4 is 0 Å². The number of aryl methyl sites for hydroxylation is 2. The lowest BCUT2D eigenvalue weighted by molar-refractivity contribution is -0.130. The Labute approximate surface area is 140 Å². The Hall–Kier alpha value is -2.22. The highest BCUT2D eigenvalue weighted by Gasteiger charge is 2.41. The summed E-state index contributed by atoms with van der Waals surface area (Å²) in [6.07, 6.45) is 3.96. The summed E-state index contributed by atoms with van der Waals surface area (Å²) in [6, 6.07) is 0. The third-order valence-electron chi connectivity index (χ3n) is 4.85. The van der Waals surface area contributed by atoms with Gasteiger partial charge in [0.2, 0.25) is 5.91 Å². The maximum absolute atomic E-state index is 12.8. The molecule has 0 saturated carbocycles. The first kappa shape index (κ1) is 16.6. The van der Waals surface area contributed by atoms with E-state index in [-0.39, 0.29) is 12.5 Å². The first-order chi connectivity index (χ1) is 11.5. The average Bonchev–Trinajstić information content (AvgIpc) is 3.27. The summed E-state index contributed by atoms with van der Waals surface area (Å²) in [5.74, 6) is 0.0202. The van der Waals surface area contributed by atoms with Gasteiger partial charge in [0.1, 0.15) is 11.3 Å². The molecule has 1 aliphatic heterocycles. The number of aromatic amines is 1. The van der Waals surface area contributed by atoms with E-state index in [4.69, 9.17) is 0 Å². The van der Waals surface area contributed by atoms with Crippen LogP contribution in [0.3, 0.4) is 0 Å². The second-order valence-electron chi connectivity index (χ2n) is 6.33. The molecule has 1 atom stereocenters. The van der Waals surface area contributed by atoms with Gasteiger partial charge in [-0.1, -0.05) is 13.8 Å². The lowest BCUT2D eigenvalue weighted by Crippen LogP contribution is -2.35. The quantitative estimate of drug-likeness (QED) is 0.822. The lowest BCUT2D eigenvalue weighted by atomic mass is 10.00. The standard InChI is InChI=1S/C16H24N6O2/c1-4-12-11(13(5-2)21(3)19-12)8-15(23)22-7-6-16(24,10-22)14-9-17-20-18-14/h9,24H,4-8,10H2,1-3H3,(H,17,18,20)/t16-/m0/s1. The zero-order chi connectivity index (χ0) is 17.3. The van der Waals surface area contributed by atoms with Crippen molar-refractivity contribution in [2.75, 3.05) is 13.1 Å². The average molecular weight is 332 g/mol. The minimum absolute atomic E-state index is 0.0202. The van der Waals surface area contributed by atoms with Crippen molar-refractivity contribution in [2.24, 2.45) is 7.05 Å². The number of carbonyl (C=O) groups is 1. The van der Waals surface area contributed by atoms with Crippen molar-refractivity contribution in [3.05, 3.63) is 28.8 Å². The Balaban J connectivity index is 1.75. The second-order valence-corrected chi connectivity index (χ2v) is 6.33. The molecular formula is C16H24N6O2. The molecule has 3 rings (SSSR count). The van der Waals surface area contributed by atoms with Crippen LogP contribution in [0.5, 0.6) is 0 Å². The number of rotatable bonds is 5. The van der Waals surface area contributed by atoms with Crippen LogP contribution in [0.15, 0.2) is 6.20 Å². The zero-order valence-electron chi connectivity index (χ0n) is 14.4. The molecule has 2 aromatic rings. The van der Waals surface area contributed by atoms with Gasteiger partial charge in [-0.25, -0.2) is 0 Å². The van der Waals surface area contributed by atoms with E-state index in [2.05, 4.69) is 34.4 Å². The summed E-state index contributed by atoms with van der Waals surface area (Å²) in [7, 11) is 1.92. The van der Waals surface area contributed by atoms with E-state index in [0.29, 0.717) is 25.1 Å². The monoisotopic (exact) mass is 332 g/mol. The molecule has 8 heteroatoms. The molecule has 3 heterocycles. The van der Waals surface area contributed by atoms with Crippen molar-refractivity contribution < 1.29 is 9.90 Å². The topological polar surface area (TPSA) is 99.9 Å². The fraction of sp³-hybridized carbons (Fsp3) is 0.625. The number of nitrogens with zero attached hydrogens (tertiary/aromatic N) is 5. The summed E-state index contributed by atoms with van der Waals surface area (Å²) < 4.78 is 1.87. The Morgan fingerprint density at radius 1 is 1.42 bits per heavy atom. The van der Waals surface area contributed by atoms with Crippen LogP contribution in [0.25, 0.3) is 0 Å². The number of likely N-dealkylation sites (tertiary alicyclic amines) is 1. The van der Waals surface area contributed by atoms with Crippen LogP contribution in [0, 0.1) is 0 Å². The molecule has 0 bridgehead atoms. The molecule has 24 heavy (non-hydrogen) atoms. The molecule has 1 amide bonds. The molecule has 2 N–H and O–H groups in total. The van der Waals surface area contributed by atoms with Crippen LogP contribution in [-0.2, 0) is 36.7 Å². The number of hydrogen-bond acceptors (Lipinski definition) is 5. The van der Waals surface area contributed by atoms with Gasteiger partial charge in [-0.2, -0.15) is 20.5 Å². The third kappa shape index (κ3) is 2.82. The van der Waals surface area contributed by atoms with E-state index in [1.165, 1.54) is 6.20 Å². The summed E-state index contributed by atoms with van der Waals surface area (Å²) >= 11 is 0. The first-order valence-corrected chi connectivity index (χ1v) is 8.38. The van der Waals surface area contributed by atoms with Gasteiger partial charge < -0.3 is 10.0 Å². The van der Waals surface area contributed by atoms with Gasteiger partial charge in [-0.15, -0.1) is 0 Å². The van der Waals surface area contributed by atoms with E-state index in [1.54, 1.807) is 4.90 Å². The largest absolute Gasteiger partial charge is 0.381 e. The molecule has 0 unspecified atom stereocenters. The maximum Gasteiger partial charge on any atom is 0.227 e. The van der Waals surface area contributed by atoms with Gasteiger partial charge in [0.15, 0.2) is 0 Å². The lowest BCUT2D eigenvalue weighted by Gasteiger charge is -2.21. The van der Waals surface area contributed by atoms with Gasteiger partial charge in [0.05, 0.1) is 24.9 Å². The maximum atomic E-state index is 12.8. The highest BCUT2D eigenvalue weighted by atomic mass is 16.3. The van der Waals surface area contributed by atoms with Crippen molar-refractivity contribution in [1.29, 1.82) is 0 Å². The van der Waals surface area contributed by atoms with E-state index in [1.807, 2.05) is 11.7 Å². The molecule has 8 nitrogen and oxygen atoms in total. The van der Waals surface area contributed by atoms with E-state index >= 15 is 0 Å². The molecule has 1 fully saturated rings. The number of aromatic nitrogens is 5. The van der Waals surface area contributed by atoms with Crippen molar-refractivity contribution in [2.45, 2.75) is 45.1 Å². The van der Waals surface area contributed by atoms with E-state index in [9.17, 15) is 9.90 Å². The smallest absolute Gasteiger partial charge is 0.227 e. The SMILES string of the molecule is CCc1nn(C)c(CC)c1CC(=O)N1CC[C@@](O)(c2cn[nH]n2)C1. The molecular weight excluding hydrogens is 308 g/mol. The Bertz CT molecular complexity index is 723. The molecule has 1 saturated heterocycles. The minimum atomic E-state index is -1.11. The Morgan fingerprint density at radius 3 is 2.83 bits per heavy atom. The normalized spacial score (nSPS) is 20.8. The Kier molecular flexibility index (Phi) is 4.40.